The third kappa shape index (κ3) is 5.96. The second-order valence-corrected chi connectivity index (χ2v) is 14.4. The Labute approximate surface area is 300 Å². The first kappa shape index (κ1) is 38.6. The first-order valence-corrected chi connectivity index (χ1v) is 16.9. The zero-order valence-corrected chi connectivity index (χ0v) is 30.1. The van der Waals surface area contributed by atoms with E-state index in [4.69, 9.17) is 33.2 Å². The van der Waals surface area contributed by atoms with E-state index in [0.717, 1.165) is 34.6 Å². The number of Topliss-reactive ketones (excluding diaryl/α,β-unsaturated/α-hetero) is 1. The van der Waals surface area contributed by atoms with E-state index in [1.807, 2.05) is 0 Å². The Morgan fingerprint density at radius 3 is 1.94 bits per heavy atom. The summed E-state index contributed by atoms with van der Waals surface area (Å²) in [5, 5.41) is 13.2. The van der Waals surface area contributed by atoms with Crippen molar-refractivity contribution in [1.29, 1.82) is 0 Å². The standard InChI is InChI=1S/C37H44O15/c1-18-26(48-19(2)38)15-28(49-20(3)39)36(17-46-33(44)24-12-10-9-11-13-24)29(18)30(50-21(4)40)25-14-27(43)35(8)37(45,34(25,7)16-47-35)32(52-23(6)42)31(36)51-22(5)41/h9-13,25-26,28-32,45H,1,14-17H2,2-8H3/t25-,26-,28-,29-,30+,31-,32-,34+,35-,36+,37-/m0/s1. The van der Waals surface area contributed by atoms with Crippen LogP contribution in [0.1, 0.15) is 71.7 Å². The number of aliphatic hydroxyl groups is 1. The molecule has 1 aromatic rings. The zero-order chi connectivity index (χ0) is 38.6. The van der Waals surface area contributed by atoms with Gasteiger partial charge in [0.1, 0.15) is 30.5 Å². The number of esters is 6. The third-order valence-electron chi connectivity index (χ3n) is 11.3. The van der Waals surface area contributed by atoms with Gasteiger partial charge in [-0.3, -0.25) is 28.8 Å². The van der Waals surface area contributed by atoms with Crippen LogP contribution in [0.2, 0.25) is 0 Å². The lowest BCUT2D eigenvalue weighted by atomic mass is 9.43. The number of carbonyl (C=O) groups excluding carboxylic acids is 7. The monoisotopic (exact) mass is 728 g/mol. The lowest BCUT2D eigenvalue weighted by Crippen LogP contribution is -2.81. The van der Waals surface area contributed by atoms with E-state index in [1.165, 1.54) is 19.1 Å². The summed E-state index contributed by atoms with van der Waals surface area (Å²) in [7, 11) is 0. The molecule has 5 rings (SSSR count). The smallest absolute Gasteiger partial charge is 0.338 e. The van der Waals surface area contributed by atoms with Crippen LogP contribution in [0.15, 0.2) is 42.5 Å². The number of fused-ring (bicyclic) bond motifs is 1. The van der Waals surface area contributed by atoms with Gasteiger partial charge in [-0.15, -0.1) is 0 Å². The van der Waals surface area contributed by atoms with Crippen molar-refractivity contribution in [3.63, 3.8) is 0 Å². The molecule has 1 saturated heterocycles. The molecule has 1 heterocycles. The molecule has 11 atom stereocenters. The highest BCUT2D eigenvalue weighted by Crippen LogP contribution is 2.67. The van der Waals surface area contributed by atoms with Crippen molar-refractivity contribution >= 4 is 41.6 Å². The Hall–Kier alpha value is -4.63. The van der Waals surface area contributed by atoms with Gasteiger partial charge in [-0.25, -0.2) is 4.79 Å². The Kier molecular flexibility index (Phi) is 10.2. The predicted molar refractivity (Wildman–Crippen MR) is 175 cm³/mol. The minimum Gasteiger partial charge on any atom is -0.462 e. The molecule has 0 spiro atoms. The number of rotatable bonds is 8. The topological polar surface area (TPSA) is 204 Å². The first-order chi connectivity index (χ1) is 24.2. The number of hydrogen-bond donors (Lipinski definition) is 1. The minimum absolute atomic E-state index is 0.0630. The quantitative estimate of drug-likeness (QED) is 0.232. The molecular formula is C37H44O15. The molecule has 4 bridgehead atoms. The van der Waals surface area contributed by atoms with Crippen LogP contribution in [0.25, 0.3) is 0 Å². The maximum atomic E-state index is 14.2. The molecule has 15 nitrogen and oxygen atoms in total. The second-order valence-electron chi connectivity index (χ2n) is 14.4. The molecule has 4 aliphatic rings. The van der Waals surface area contributed by atoms with Crippen molar-refractivity contribution in [3.8, 4) is 0 Å². The van der Waals surface area contributed by atoms with Crippen LogP contribution in [0.5, 0.6) is 0 Å². The molecule has 1 aliphatic heterocycles. The molecule has 0 radical (unpaired) electrons. The summed E-state index contributed by atoms with van der Waals surface area (Å²) in [6.07, 6.45) is -8.82. The van der Waals surface area contributed by atoms with Gasteiger partial charge in [0.15, 0.2) is 23.6 Å². The van der Waals surface area contributed by atoms with E-state index in [-0.39, 0.29) is 30.6 Å². The van der Waals surface area contributed by atoms with Crippen LogP contribution in [-0.4, -0.2) is 102 Å². The number of hydrogen-bond acceptors (Lipinski definition) is 15. The summed E-state index contributed by atoms with van der Waals surface area (Å²) in [5.41, 5.74) is -8.10. The van der Waals surface area contributed by atoms with Crippen LogP contribution >= 0.6 is 0 Å². The number of ether oxygens (including phenoxy) is 7. The number of benzene rings is 1. The van der Waals surface area contributed by atoms with Gasteiger partial charge in [0.05, 0.1) is 17.6 Å². The highest BCUT2D eigenvalue weighted by molar-refractivity contribution is 5.92. The molecule has 282 valence electrons. The summed E-state index contributed by atoms with van der Waals surface area (Å²) in [6, 6.07) is 7.85. The zero-order valence-electron chi connectivity index (χ0n) is 30.1. The Balaban J connectivity index is 1.93. The lowest BCUT2D eigenvalue weighted by molar-refractivity contribution is -0.302. The molecule has 0 aromatic heterocycles. The number of ketones is 1. The molecule has 3 saturated carbocycles. The molecule has 0 unspecified atom stereocenters. The fourth-order valence-corrected chi connectivity index (χ4v) is 9.17. The molecule has 1 aromatic carbocycles. The molecular weight excluding hydrogens is 684 g/mol. The van der Waals surface area contributed by atoms with Crippen molar-refractivity contribution in [2.24, 2.45) is 22.7 Å². The summed E-state index contributed by atoms with van der Waals surface area (Å²) in [6.45, 7) is 11.5. The highest BCUT2D eigenvalue weighted by Gasteiger charge is 2.83. The summed E-state index contributed by atoms with van der Waals surface area (Å²) in [5.74, 6) is -8.44. The van der Waals surface area contributed by atoms with E-state index in [1.54, 1.807) is 25.1 Å². The van der Waals surface area contributed by atoms with Gasteiger partial charge in [0, 0.05) is 64.7 Å². The molecule has 3 aliphatic carbocycles. The molecule has 4 fully saturated rings. The predicted octanol–water partition coefficient (Wildman–Crippen LogP) is 2.19. The van der Waals surface area contributed by atoms with Gasteiger partial charge in [-0.1, -0.05) is 31.7 Å². The largest absolute Gasteiger partial charge is 0.462 e. The molecule has 15 heteroatoms. The van der Waals surface area contributed by atoms with Crippen LogP contribution in [0, 0.1) is 22.7 Å². The molecule has 1 N–H and O–H groups in total. The van der Waals surface area contributed by atoms with E-state index < -0.39 is 113 Å². The lowest BCUT2D eigenvalue weighted by Gasteiger charge is -2.65. The molecule has 52 heavy (non-hydrogen) atoms. The van der Waals surface area contributed by atoms with Crippen molar-refractivity contribution in [1.82, 2.24) is 0 Å². The fraction of sp³-hybridized carbons (Fsp3) is 0.595. The Bertz CT molecular complexity index is 1690. The highest BCUT2D eigenvalue weighted by atomic mass is 16.6. The van der Waals surface area contributed by atoms with Gasteiger partial charge in [-0.2, -0.15) is 0 Å². The Morgan fingerprint density at radius 1 is 0.827 bits per heavy atom. The third-order valence-corrected chi connectivity index (χ3v) is 11.3. The van der Waals surface area contributed by atoms with Gasteiger partial charge in [0.25, 0.3) is 0 Å². The van der Waals surface area contributed by atoms with Crippen LogP contribution in [0.4, 0.5) is 0 Å². The molecule has 0 amide bonds. The van der Waals surface area contributed by atoms with Crippen LogP contribution in [0.3, 0.4) is 0 Å². The van der Waals surface area contributed by atoms with E-state index in [9.17, 15) is 38.7 Å². The van der Waals surface area contributed by atoms with Crippen molar-refractivity contribution in [3.05, 3.63) is 48.0 Å². The van der Waals surface area contributed by atoms with Crippen molar-refractivity contribution < 1.29 is 71.8 Å². The van der Waals surface area contributed by atoms with E-state index >= 15 is 0 Å². The van der Waals surface area contributed by atoms with Crippen LogP contribution in [-0.2, 0) is 61.9 Å². The average molecular weight is 729 g/mol. The van der Waals surface area contributed by atoms with E-state index in [2.05, 4.69) is 6.58 Å². The summed E-state index contributed by atoms with van der Waals surface area (Å²) >= 11 is 0. The van der Waals surface area contributed by atoms with Gasteiger partial charge in [-0.05, 0) is 24.6 Å². The average Bonchev–Trinajstić information content (AvgIpc) is 3.19. The maximum Gasteiger partial charge on any atom is 0.338 e. The maximum absolute atomic E-state index is 14.2. The van der Waals surface area contributed by atoms with Crippen molar-refractivity contribution in [2.45, 2.75) is 103 Å². The fourth-order valence-electron chi connectivity index (χ4n) is 9.17. The van der Waals surface area contributed by atoms with Gasteiger partial charge in [0.2, 0.25) is 0 Å². The number of carbonyl (C=O) groups is 7. The van der Waals surface area contributed by atoms with Crippen molar-refractivity contribution in [2.75, 3.05) is 13.2 Å². The minimum atomic E-state index is -2.51. The van der Waals surface area contributed by atoms with Gasteiger partial charge < -0.3 is 38.3 Å². The second kappa shape index (κ2) is 13.7. The first-order valence-electron chi connectivity index (χ1n) is 16.9. The SMILES string of the molecule is C=C1[C@@H](OC(C)=O)C[C@H](OC(C)=O)[C@@]2(COC(=O)c3ccccc3)[C@@H](OC(C)=O)[C@H](OC(C)=O)[C@@]3(O)[C@@]4(C)OC[C@]3(C)[C@@H](CC4=O)[C@@H](OC(C)=O)[C@H]12. The normalized spacial score (nSPS) is 37.7. The van der Waals surface area contributed by atoms with Gasteiger partial charge >= 0.3 is 35.8 Å². The summed E-state index contributed by atoms with van der Waals surface area (Å²) in [4.78, 5) is 92.7. The Morgan fingerprint density at radius 2 is 1.38 bits per heavy atom. The van der Waals surface area contributed by atoms with Crippen LogP contribution < -0.4 is 0 Å². The van der Waals surface area contributed by atoms with E-state index in [0.29, 0.717) is 0 Å². The summed E-state index contributed by atoms with van der Waals surface area (Å²) < 4.78 is 41.9.